The summed E-state index contributed by atoms with van der Waals surface area (Å²) in [5.74, 6) is -0.373. The highest BCUT2D eigenvalue weighted by Gasteiger charge is 2.43. The van der Waals surface area contributed by atoms with Crippen LogP contribution < -0.4 is 9.64 Å². The van der Waals surface area contributed by atoms with Gasteiger partial charge in [-0.15, -0.1) is 13.2 Å². The number of aliphatic hydroxyl groups excluding tert-OH is 1. The summed E-state index contributed by atoms with van der Waals surface area (Å²) in [4.78, 5) is 30.3. The molecule has 0 saturated heterocycles. The van der Waals surface area contributed by atoms with Crippen LogP contribution in [-0.2, 0) is 33.0 Å². The molecule has 1 aliphatic carbocycles. The molecule has 0 unspecified atom stereocenters. The van der Waals surface area contributed by atoms with Gasteiger partial charge in [-0.1, -0.05) is 35.9 Å². The Bertz CT molecular complexity index is 1380. The summed E-state index contributed by atoms with van der Waals surface area (Å²) < 4.78 is 11.5. The molecule has 5 atom stereocenters. The summed E-state index contributed by atoms with van der Waals surface area (Å²) >= 11 is 6.33. The third-order valence-corrected chi connectivity index (χ3v) is 9.79. The number of nitrogens with zero attached hydrogens (tertiary/aromatic N) is 2. The fraction of sp³-hybridized carbons (Fsp3) is 0.500. The molecule has 2 aliphatic rings. The molecule has 1 aliphatic heterocycles. The number of carbonyl (C=O) groups excluding carboxylic acids is 2. The van der Waals surface area contributed by atoms with Gasteiger partial charge in [0.2, 0.25) is 5.91 Å². The van der Waals surface area contributed by atoms with Crippen molar-refractivity contribution < 1.29 is 29.3 Å². The third-order valence-electron chi connectivity index (χ3n) is 9.56. The number of benzene rings is 2. The topological polar surface area (TPSA) is 99.5 Å². The molecule has 0 radical (unpaired) electrons. The zero-order valence-corrected chi connectivity index (χ0v) is 27.5. The molecule has 2 aromatic carbocycles. The minimum absolute atomic E-state index is 0.109. The molecule has 1 saturated carbocycles. The number of halogens is 1. The third kappa shape index (κ3) is 7.91. The van der Waals surface area contributed by atoms with Crippen LogP contribution in [0.2, 0.25) is 5.02 Å². The van der Waals surface area contributed by atoms with Crippen molar-refractivity contribution in [2.45, 2.75) is 76.2 Å². The molecule has 2 aromatic rings. The number of aliphatic hydroxyl groups is 2. The summed E-state index contributed by atoms with van der Waals surface area (Å²) in [6, 6.07) is 10.8. The highest BCUT2D eigenvalue weighted by molar-refractivity contribution is 6.30. The zero-order chi connectivity index (χ0) is 32.7. The number of fused-ring (bicyclic) bond motifs is 2. The van der Waals surface area contributed by atoms with Gasteiger partial charge in [0.25, 0.3) is 0 Å². The summed E-state index contributed by atoms with van der Waals surface area (Å²) in [7, 11) is 2.85. The first-order chi connectivity index (χ1) is 21.5. The van der Waals surface area contributed by atoms with Gasteiger partial charge in [0.05, 0.1) is 25.3 Å². The summed E-state index contributed by atoms with van der Waals surface area (Å²) in [5, 5.41) is 23.2. The van der Waals surface area contributed by atoms with Gasteiger partial charge < -0.3 is 29.5 Å². The Morgan fingerprint density at radius 1 is 1.20 bits per heavy atom. The van der Waals surface area contributed by atoms with Crippen molar-refractivity contribution in [1.29, 1.82) is 0 Å². The average molecular weight is 639 g/mol. The van der Waals surface area contributed by atoms with Crippen molar-refractivity contribution in [3.8, 4) is 5.75 Å². The van der Waals surface area contributed by atoms with Crippen LogP contribution in [0.1, 0.15) is 62.1 Å². The standard InChI is InChI=1S/C36H47ClN2O6/c1-6-10-24(3)38(4)34(41)21-36(43,35(42)44-5)28-14-17-33-31(20-28)39(22-26-13-16-30(26)32(40)7-2)18-9-8-11-25-19-29(37)15-12-27(25)23-45-33/h6-7,12,14-15,17,19-20,24,26,30,32,40,43H,1-2,8-11,13,16,18,21-23H2,3-5H3/t24-,26+,30-,32+,36+/m1/s1. The summed E-state index contributed by atoms with van der Waals surface area (Å²) in [5.41, 5.74) is 0.937. The molecule has 0 spiro atoms. The predicted octanol–water partition coefficient (Wildman–Crippen LogP) is 5.81. The number of ether oxygens (including phenoxy) is 2. The van der Waals surface area contributed by atoms with Gasteiger partial charge in [0.1, 0.15) is 12.4 Å². The molecule has 2 N–H and O–H groups in total. The molecular weight excluding hydrogens is 592 g/mol. The maximum absolute atomic E-state index is 13.4. The molecule has 0 aromatic heterocycles. The van der Waals surface area contributed by atoms with Crippen molar-refractivity contribution in [2.75, 3.05) is 32.1 Å². The molecule has 45 heavy (non-hydrogen) atoms. The van der Waals surface area contributed by atoms with E-state index >= 15 is 0 Å². The monoisotopic (exact) mass is 638 g/mol. The first kappa shape index (κ1) is 34.5. The lowest BCUT2D eigenvalue weighted by molar-refractivity contribution is -0.168. The SMILES string of the molecule is C=CC[C@@H](C)N(C)C(=O)C[C@@](O)(C(=O)OC)c1ccc2c(c1)N(C[C@@H]1CC[C@H]1[C@@H](O)C=C)CCCCc1cc(Cl)ccc1CO2. The summed E-state index contributed by atoms with van der Waals surface area (Å²) in [6.07, 6.45) is 7.40. The van der Waals surface area contributed by atoms with E-state index in [2.05, 4.69) is 18.1 Å². The van der Waals surface area contributed by atoms with Crippen LogP contribution in [-0.4, -0.2) is 66.4 Å². The number of esters is 1. The normalized spacial score (nSPS) is 20.8. The van der Waals surface area contributed by atoms with Gasteiger partial charge >= 0.3 is 5.97 Å². The maximum atomic E-state index is 13.4. The van der Waals surface area contributed by atoms with Crippen molar-refractivity contribution >= 4 is 29.2 Å². The van der Waals surface area contributed by atoms with Crippen molar-refractivity contribution in [3.63, 3.8) is 0 Å². The lowest BCUT2D eigenvalue weighted by Crippen LogP contribution is -2.45. The average Bonchev–Trinajstić information content (AvgIpc) is 3.05. The van der Waals surface area contributed by atoms with E-state index < -0.39 is 30.0 Å². The summed E-state index contributed by atoms with van der Waals surface area (Å²) in [6.45, 7) is 11.1. The van der Waals surface area contributed by atoms with E-state index in [1.54, 1.807) is 37.4 Å². The minimum Gasteiger partial charge on any atom is -0.487 e. The van der Waals surface area contributed by atoms with E-state index in [-0.39, 0.29) is 23.4 Å². The lowest BCUT2D eigenvalue weighted by atomic mass is 9.70. The number of hydrogen-bond donors (Lipinski definition) is 2. The molecule has 244 valence electrons. The molecule has 1 fully saturated rings. The van der Waals surface area contributed by atoms with E-state index in [9.17, 15) is 19.8 Å². The first-order valence-electron chi connectivity index (χ1n) is 15.8. The van der Waals surface area contributed by atoms with Crippen molar-refractivity contribution in [3.05, 3.63) is 83.4 Å². The second-order valence-electron chi connectivity index (χ2n) is 12.4. The Morgan fingerprint density at radius 2 is 1.98 bits per heavy atom. The molecular formula is C36H47ClN2O6. The molecule has 1 amide bonds. The Labute approximate surface area is 272 Å². The fourth-order valence-corrected chi connectivity index (χ4v) is 6.57. The number of rotatable bonds is 11. The fourth-order valence-electron chi connectivity index (χ4n) is 6.37. The second-order valence-corrected chi connectivity index (χ2v) is 12.9. The Kier molecular flexibility index (Phi) is 11.7. The lowest BCUT2D eigenvalue weighted by Gasteiger charge is -2.42. The van der Waals surface area contributed by atoms with Crippen molar-refractivity contribution in [1.82, 2.24) is 4.90 Å². The van der Waals surface area contributed by atoms with Gasteiger partial charge in [-0.3, -0.25) is 4.79 Å². The number of methoxy groups -OCH3 is 1. The van der Waals surface area contributed by atoms with Crippen LogP contribution in [0.5, 0.6) is 5.75 Å². The van der Waals surface area contributed by atoms with E-state index in [0.717, 1.165) is 43.2 Å². The van der Waals surface area contributed by atoms with Gasteiger partial charge in [-0.25, -0.2) is 4.79 Å². The van der Waals surface area contributed by atoms with Gasteiger partial charge in [-0.05, 0) is 98.2 Å². The minimum atomic E-state index is -2.22. The molecule has 9 heteroatoms. The molecule has 1 heterocycles. The van der Waals surface area contributed by atoms with Gasteiger partial charge in [0, 0.05) is 31.2 Å². The zero-order valence-electron chi connectivity index (χ0n) is 26.7. The first-order valence-corrected chi connectivity index (χ1v) is 16.2. The largest absolute Gasteiger partial charge is 0.487 e. The van der Waals surface area contributed by atoms with E-state index in [1.165, 1.54) is 12.0 Å². The molecule has 4 rings (SSSR count). The molecule has 8 nitrogen and oxygen atoms in total. The van der Waals surface area contributed by atoms with E-state index in [4.69, 9.17) is 21.1 Å². The van der Waals surface area contributed by atoms with Crippen LogP contribution in [0.15, 0.2) is 61.7 Å². The maximum Gasteiger partial charge on any atom is 0.343 e. The number of aryl methyl sites for hydroxylation is 1. The highest BCUT2D eigenvalue weighted by Crippen LogP contribution is 2.42. The van der Waals surface area contributed by atoms with Crippen LogP contribution >= 0.6 is 11.6 Å². The second kappa shape index (κ2) is 15.3. The smallest absolute Gasteiger partial charge is 0.343 e. The Morgan fingerprint density at radius 3 is 2.64 bits per heavy atom. The van der Waals surface area contributed by atoms with Crippen molar-refractivity contribution in [2.24, 2.45) is 11.8 Å². The van der Waals surface area contributed by atoms with Crippen LogP contribution in [0.4, 0.5) is 5.69 Å². The number of anilines is 1. The number of hydrogen-bond acceptors (Lipinski definition) is 7. The Hall–Kier alpha value is -3.33. The number of carbonyl (C=O) groups is 2. The van der Waals surface area contributed by atoms with Gasteiger partial charge in [-0.2, -0.15) is 0 Å². The quantitative estimate of drug-likeness (QED) is 0.237. The van der Waals surface area contributed by atoms with Crippen LogP contribution in [0, 0.1) is 11.8 Å². The van der Waals surface area contributed by atoms with E-state index in [1.807, 2.05) is 25.1 Å². The predicted molar refractivity (Wildman–Crippen MR) is 177 cm³/mol. The van der Waals surface area contributed by atoms with Gasteiger partial charge in [0.15, 0.2) is 5.60 Å². The van der Waals surface area contributed by atoms with E-state index in [0.29, 0.717) is 42.6 Å². The number of amides is 1. The molecule has 0 bridgehead atoms. The highest BCUT2D eigenvalue weighted by atomic mass is 35.5. The van der Waals surface area contributed by atoms with Crippen LogP contribution in [0.25, 0.3) is 0 Å². The van der Waals surface area contributed by atoms with Crippen LogP contribution in [0.3, 0.4) is 0 Å². The Balaban J connectivity index is 1.75.